The third-order valence-corrected chi connectivity index (χ3v) is 3.31. The summed E-state index contributed by atoms with van der Waals surface area (Å²) < 4.78 is 4.95. The predicted octanol–water partition coefficient (Wildman–Crippen LogP) is 2.68. The first-order chi connectivity index (χ1) is 8.14. The molecule has 0 radical (unpaired) electrons. The molecular weight excluding hydrogens is 238 g/mol. The number of carbonyl (C=O) groups excluding carboxylic acids is 1. The summed E-state index contributed by atoms with van der Waals surface area (Å²) in [4.78, 5) is 11.6. The van der Waals surface area contributed by atoms with E-state index in [1.807, 2.05) is 6.07 Å². The maximum absolute atomic E-state index is 11.6. The third-order valence-electron chi connectivity index (χ3n) is 3.07. The van der Waals surface area contributed by atoms with Crippen LogP contribution >= 0.6 is 11.6 Å². The molecule has 0 aromatic heterocycles. The van der Waals surface area contributed by atoms with Gasteiger partial charge < -0.3 is 4.74 Å². The number of nitriles is 1. The Labute approximate surface area is 105 Å². The molecule has 1 aliphatic carbocycles. The van der Waals surface area contributed by atoms with Crippen molar-refractivity contribution in [2.24, 2.45) is 5.92 Å². The fourth-order valence-corrected chi connectivity index (χ4v) is 2.25. The summed E-state index contributed by atoms with van der Waals surface area (Å²) in [5, 5.41) is 9.86. The van der Waals surface area contributed by atoms with Gasteiger partial charge in [-0.2, -0.15) is 5.26 Å². The molecule has 1 saturated carbocycles. The molecule has 0 N–H and O–H groups in total. The highest BCUT2D eigenvalue weighted by Crippen LogP contribution is 2.54. The predicted molar refractivity (Wildman–Crippen MR) is 63.5 cm³/mol. The summed E-state index contributed by atoms with van der Waals surface area (Å²) in [5.74, 6) is -0.653. The summed E-state index contributed by atoms with van der Waals surface area (Å²) >= 11 is 5.90. The maximum atomic E-state index is 11.6. The van der Waals surface area contributed by atoms with E-state index < -0.39 is 5.41 Å². The molecule has 0 bridgehead atoms. The summed E-state index contributed by atoms with van der Waals surface area (Å²) in [7, 11) is 0. The summed E-state index contributed by atoms with van der Waals surface area (Å²) in [6, 6.07) is 9.33. The van der Waals surface area contributed by atoms with Crippen LogP contribution in [0.4, 0.5) is 0 Å². The van der Waals surface area contributed by atoms with E-state index in [9.17, 15) is 10.1 Å². The number of hydrogen-bond acceptors (Lipinski definition) is 3. The number of rotatable bonds is 3. The minimum atomic E-state index is -0.739. The van der Waals surface area contributed by atoms with Crippen molar-refractivity contribution in [1.82, 2.24) is 0 Å². The molecule has 2 atom stereocenters. The molecule has 0 amide bonds. The lowest BCUT2D eigenvalue weighted by molar-refractivity contribution is -0.145. The molecule has 0 saturated heterocycles. The smallest absolute Gasteiger partial charge is 0.310 e. The van der Waals surface area contributed by atoms with Crippen LogP contribution < -0.4 is 0 Å². The fraction of sp³-hybridized carbons (Fsp3) is 0.385. The fourth-order valence-electron chi connectivity index (χ4n) is 2.06. The molecule has 4 heteroatoms. The van der Waals surface area contributed by atoms with E-state index in [1.54, 1.807) is 25.1 Å². The number of carbonyl (C=O) groups is 1. The first kappa shape index (κ1) is 11.9. The number of halogens is 1. The average molecular weight is 250 g/mol. The van der Waals surface area contributed by atoms with Crippen molar-refractivity contribution in [3.05, 3.63) is 34.9 Å². The largest absolute Gasteiger partial charge is 0.466 e. The van der Waals surface area contributed by atoms with Crippen molar-refractivity contribution >= 4 is 17.6 Å². The van der Waals surface area contributed by atoms with Crippen LogP contribution in [0, 0.1) is 17.2 Å². The molecule has 1 aromatic carbocycles. The Bertz CT molecular complexity index is 494. The zero-order chi connectivity index (χ0) is 12.5. The highest BCUT2D eigenvalue weighted by molar-refractivity contribution is 6.30. The molecule has 1 aliphatic rings. The van der Waals surface area contributed by atoms with E-state index in [2.05, 4.69) is 6.07 Å². The second-order valence-corrected chi connectivity index (χ2v) is 4.54. The van der Waals surface area contributed by atoms with Gasteiger partial charge in [-0.15, -0.1) is 0 Å². The van der Waals surface area contributed by atoms with Gasteiger partial charge in [-0.3, -0.25) is 4.79 Å². The Kier molecular flexibility index (Phi) is 3.08. The van der Waals surface area contributed by atoms with E-state index in [4.69, 9.17) is 16.3 Å². The SMILES string of the molecule is CCOC(=O)C1CC1(C#N)c1cccc(Cl)c1. The average Bonchev–Trinajstić information content (AvgIpc) is 3.05. The van der Waals surface area contributed by atoms with Crippen molar-refractivity contribution in [2.45, 2.75) is 18.8 Å². The molecule has 3 nitrogen and oxygen atoms in total. The normalized spacial score (nSPS) is 26.1. The van der Waals surface area contributed by atoms with Crippen LogP contribution in [0.1, 0.15) is 18.9 Å². The molecule has 0 heterocycles. The van der Waals surface area contributed by atoms with E-state index >= 15 is 0 Å². The molecule has 1 fully saturated rings. The Hall–Kier alpha value is -1.53. The highest BCUT2D eigenvalue weighted by atomic mass is 35.5. The molecule has 88 valence electrons. The molecule has 17 heavy (non-hydrogen) atoms. The number of nitrogens with zero attached hydrogens (tertiary/aromatic N) is 1. The van der Waals surface area contributed by atoms with Crippen LogP contribution in [0.5, 0.6) is 0 Å². The molecule has 0 aliphatic heterocycles. The van der Waals surface area contributed by atoms with Gasteiger partial charge in [-0.05, 0) is 31.0 Å². The number of ether oxygens (including phenoxy) is 1. The van der Waals surface area contributed by atoms with E-state index in [0.717, 1.165) is 5.56 Å². The van der Waals surface area contributed by atoms with E-state index in [0.29, 0.717) is 18.1 Å². The Morgan fingerprint density at radius 3 is 3.06 bits per heavy atom. The monoisotopic (exact) mass is 249 g/mol. The summed E-state index contributed by atoms with van der Waals surface area (Å²) in [6.45, 7) is 2.10. The quantitative estimate of drug-likeness (QED) is 0.774. The van der Waals surface area contributed by atoms with Crippen LogP contribution in [0.15, 0.2) is 24.3 Å². The molecule has 2 unspecified atom stereocenters. The van der Waals surface area contributed by atoms with Crippen molar-refractivity contribution in [3.63, 3.8) is 0 Å². The maximum Gasteiger partial charge on any atom is 0.310 e. The lowest BCUT2D eigenvalue weighted by Crippen LogP contribution is -2.15. The number of esters is 1. The Balaban J connectivity index is 2.26. The van der Waals surface area contributed by atoms with Gasteiger partial charge >= 0.3 is 5.97 Å². The van der Waals surface area contributed by atoms with Gasteiger partial charge in [0.25, 0.3) is 0 Å². The van der Waals surface area contributed by atoms with E-state index in [1.165, 1.54) is 0 Å². The lowest BCUT2D eigenvalue weighted by Gasteiger charge is -2.09. The second kappa shape index (κ2) is 4.38. The van der Waals surface area contributed by atoms with Gasteiger partial charge in [0.15, 0.2) is 0 Å². The zero-order valence-electron chi connectivity index (χ0n) is 9.44. The number of benzene rings is 1. The highest BCUT2D eigenvalue weighted by Gasteiger charge is 2.61. The Morgan fingerprint density at radius 1 is 1.71 bits per heavy atom. The Morgan fingerprint density at radius 2 is 2.47 bits per heavy atom. The van der Waals surface area contributed by atoms with Crippen LogP contribution in [0.3, 0.4) is 0 Å². The van der Waals surface area contributed by atoms with Crippen LogP contribution in [-0.4, -0.2) is 12.6 Å². The minimum absolute atomic E-state index is 0.297. The minimum Gasteiger partial charge on any atom is -0.466 e. The van der Waals surface area contributed by atoms with Crippen LogP contribution in [-0.2, 0) is 14.9 Å². The van der Waals surface area contributed by atoms with Crippen molar-refractivity contribution in [1.29, 1.82) is 5.26 Å². The summed E-state index contributed by atoms with van der Waals surface area (Å²) in [6.07, 6.45) is 0.517. The van der Waals surface area contributed by atoms with Gasteiger partial charge in [0.2, 0.25) is 0 Å². The molecule has 0 spiro atoms. The lowest BCUT2D eigenvalue weighted by atomic mass is 9.95. The van der Waals surface area contributed by atoms with Gasteiger partial charge in [0.1, 0.15) is 0 Å². The third kappa shape index (κ3) is 2.01. The van der Waals surface area contributed by atoms with Crippen molar-refractivity contribution < 1.29 is 9.53 Å². The van der Waals surface area contributed by atoms with Gasteiger partial charge in [-0.1, -0.05) is 23.7 Å². The van der Waals surface area contributed by atoms with Crippen molar-refractivity contribution in [2.75, 3.05) is 6.61 Å². The first-order valence-corrected chi connectivity index (χ1v) is 5.86. The van der Waals surface area contributed by atoms with E-state index in [-0.39, 0.29) is 11.9 Å². The zero-order valence-corrected chi connectivity index (χ0v) is 10.2. The standard InChI is InChI=1S/C13H12ClNO2/c1-2-17-12(16)11-7-13(11,8-15)9-4-3-5-10(14)6-9/h3-6,11H,2,7H2,1H3. The van der Waals surface area contributed by atoms with Crippen LogP contribution in [0.25, 0.3) is 0 Å². The summed E-state index contributed by atoms with van der Waals surface area (Å²) in [5.41, 5.74) is 0.0579. The second-order valence-electron chi connectivity index (χ2n) is 4.10. The topological polar surface area (TPSA) is 50.1 Å². The van der Waals surface area contributed by atoms with Gasteiger partial charge in [-0.25, -0.2) is 0 Å². The first-order valence-electron chi connectivity index (χ1n) is 5.48. The number of hydrogen-bond donors (Lipinski definition) is 0. The molecular formula is C13H12ClNO2. The molecule has 1 aromatic rings. The van der Waals surface area contributed by atoms with Crippen molar-refractivity contribution in [3.8, 4) is 6.07 Å². The van der Waals surface area contributed by atoms with Gasteiger partial charge in [0, 0.05) is 5.02 Å². The van der Waals surface area contributed by atoms with Crippen LogP contribution in [0.2, 0.25) is 5.02 Å². The van der Waals surface area contributed by atoms with Gasteiger partial charge in [0.05, 0.1) is 24.0 Å². The molecule has 2 rings (SSSR count).